The Morgan fingerprint density at radius 3 is 2.81 bits per heavy atom. The molecule has 2 amide bonds. The van der Waals surface area contributed by atoms with Gasteiger partial charge in [0, 0.05) is 19.7 Å². The minimum atomic E-state index is -0.543. The lowest BCUT2D eigenvalue weighted by atomic mass is 9.75. The van der Waals surface area contributed by atoms with Crippen LogP contribution in [0.15, 0.2) is 24.3 Å². The average molecular weight is 372 g/mol. The van der Waals surface area contributed by atoms with Gasteiger partial charge in [-0.15, -0.1) is 5.10 Å². The highest BCUT2D eigenvalue weighted by Crippen LogP contribution is 2.43. The van der Waals surface area contributed by atoms with Crippen molar-refractivity contribution in [3.8, 4) is 11.4 Å². The number of urea groups is 1. The van der Waals surface area contributed by atoms with Crippen LogP contribution < -0.4 is 10.1 Å². The molecule has 2 aromatic rings. The van der Waals surface area contributed by atoms with Crippen LogP contribution in [0.4, 0.5) is 4.79 Å². The van der Waals surface area contributed by atoms with Crippen molar-refractivity contribution in [2.45, 2.75) is 45.1 Å². The van der Waals surface area contributed by atoms with Gasteiger partial charge < -0.3 is 15.0 Å². The highest BCUT2D eigenvalue weighted by Gasteiger charge is 2.46. The van der Waals surface area contributed by atoms with E-state index in [1.54, 1.807) is 16.7 Å². The Bertz CT molecular complexity index is 782. The predicted octanol–water partition coefficient (Wildman–Crippen LogP) is 2.74. The SMILES string of the molecule is CCNC(=O)N(C)C1(c2nnnn2-c2cccc(OC)c2)CCC(C)CC1. The number of hydrogen-bond donors (Lipinski definition) is 1. The van der Waals surface area contributed by atoms with Crippen LogP contribution in [-0.2, 0) is 5.54 Å². The van der Waals surface area contributed by atoms with Gasteiger partial charge in [0.05, 0.1) is 12.8 Å². The number of carbonyl (C=O) groups is 1. The number of nitrogens with zero attached hydrogens (tertiary/aromatic N) is 5. The van der Waals surface area contributed by atoms with Crippen LogP contribution in [0.5, 0.6) is 5.75 Å². The van der Waals surface area contributed by atoms with Crippen molar-refractivity contribution in [2.24, 2.45) is 5.92 Å². The molecule has 8 nitrogen and oxygen atoms in total. The maximum atomic E-state index is 12.7. The van der Waals surface area contributed by atoms with E-state index in [-0.39, 0.29) is 6.03 Å². The van der Waals surface area contributed by atoms with Crippen LogP contribution in [0, 0.1) is 5.92 Å². The molecule has 0 aliphatic heterocycles. The highest BCUT2D eigenvalue weighted by atomic mass is 16.5. The van der Waals surface area contributed by atoms with Gasteiger partial charge in [-0.1, -0.05) is 13.0 Å². The van der Waals surface area contributed by atoms with E-state index in [1.165, 1.54) is 0 Å². The molecule has 0 atom stereocenters. The zero-order valence-electron chi connectivity index (χ0n) is 16.5. The first-order valence-electron chi connectivity index (χ1n) is 9.46. The van der Waals surface area contributed by atoms with Crippen LogP contribution in [0.2, 0.25) is 0 Å². The molecule has 0 saturated heterocycles. The molecule has 1 aliphatic carbocycles. The molecule has 1 heterocycles. The fraction of sp³-hybridized carbons (Fsp3) is 0.579. The first-order chi connectivity index (χ1) is 13.0. The van der Waals surface area contributed by atoms with E-state index in [0.717, 1.165) is 37.1 Å². The van der Waals surface area contributed by atoms with Crippen molar-refractivity contribution < 1.29 is 9.53 Å². The summed E-state index contributed by atoms with van der Waals surface area (Å²) in [5, 5.41) is 15.5. The summed E-state index contributed by atoms with van der Waals surface area (Å²) < 4.78 is 7.07. The molecule has 1 aromatic carbocycles. The highest BCUT2D eigenvalue weighted by molar-refractivity contribution is 5.75. The molecule has 1 aliphatic rings. The van der Waals surface area contributed by atoms with E-state index < -0.39 is 5.54 Å². The number of tetrazole rings is 1. The Labute approximate surface area is 159 Å². The molecule has 0 spiro atoms. The van der Waals surface area contributed by atoms with Gasteiger partial charge in [-0.3, -0.25) is 0 Å². The van der Waals surface area contributed by atoms with Gasteiger partial charge in [0.1, 0.15) is 11.3 Å². The summed E-state index contributed by atoms with van der Waals surface area (Å²) in [5.41, 5.74) is 0.273. The lowest BCUT2D eigenvalue weighted by Gasteiger charge is -2.44. The third-order valence-electron chi connectivity index (χ3n) is 5.56. The molecular weight excluding hydrogens is 344 g/mol. The van der Waals surface area contributed by atoms with Crippen LogP contribution in [0.25, 0.3) is 5.69 Å². The zero-order chi connectivity index (χ0) is 19.4. The van der Waals surface area contributed by atoms with E-state index in [9.17, 15) is 4.79 Å². The Morgan fingerprint density at radius 1 is 1.41 bits per heavy atom. The van der Waals surface area contributed by atoms with E-state index in [2.05, 4.69) is 27.8 Å². The fourth-order valence-electron chi connectivity index (χ4n) is 3.81. The molecular formula is C19H28N6O2. The van der Waals surface area contributed by atoms with Crippen molar-refractivity contribution in [3.05, 3.63) is 30.1 Å². The maximum absolute atomic E-state index is 12.7. The van der Waals surface area contributed by atoms with Crippen molar-refractivity contribution in [1.29, 1.82) is 0 Å². The molecule has 0 radical (unpaired) electrons. The van der Waals surface area contributed by atoms with Crippen LogP contribution >= 0.6 is 0 Å². The third kappa shape index (κ3) is 3.61. The second kappa shape index (κ2) is 7.94. The molecule has 1 saturated carbocycles. The van der Waals surface area contributed by atoms with Crippen LogP contribution in [-0.4, -0.2) is 51.8 Å². The summed E-state index contributed by atoms with van der Waals surface area (Å²) in [5.74, 6) is 2.05. The van der Waals surface area contributed by atoms with Crippen LogP contribution in [0.1, 0.15) is 45.4 Å². The summed E-state index contributed by atoms with van der Waals surface area (Å²) in [6, 6.07) is 7.51. The normalized spacial score (nSPS) is 22.3. The van der Waals surface area contributed by atoms with Gasteiger partial charge >= 0.3 is 6.03 Å². The number of aromatic nitrogens is 4. The minimum absolute atomic E-state index is 0.104. The van der Waals surface area contributed by atoms with Crippen molar-refractivity contribution >= 4 is 6.03 Å². The minimum Gasteiger partial charge on any atom is -0.497 e. The van der Waals surface area contributed by atoms with Gasteiger partial charge in [-0.05, 0) is 61.1 Å². The first-order valence-corrected chi connectivity index (χ1v) is 9.46. The van der Waals surface area contributed by atoms with Gasteiger partial charge in [0.2, 0.25) is 0 Å². The maximum Gasteiger partial charge on any atom is 0.317 e. The van der Waals surface area contributed by atoms with Crippen LogP contribution in [0.3, 0.4) is 0 Å². The summed E-state index contributed by atoms with van der Waals surface area (Å²) in [7, 11) is 3.47. The number of nitrogens with one attached hydrogen (secondary N) is 1. The second-order valence-corrected chi connectivity index (χ2v) is 7.22. The molecule has 1 fully saturated rings. The largest absolute Gasteiger partial charge is 0.497 e. The van der Waals surface area contributed by atoms with E-state index in [1.807, 2.05) is 38.2 Å². The number of benzene rings is 1. The second-order valence-electron chi connectivity index (χ2n) is 7.22. The molecule has 0 unspecified atom stereocenters. The molecule has 3 rings (SSSR count). The van der Waals surface area contributed by atoms with E-state index in [4.69, 9.17) is 4.74 Å². The summed E-state index contributed by atoms with van der Waals surface area (Å²) in [4.78, 5) is 14.5. The molecule has 1 aromatic heterocycles. The average Bonchev–Trinajstić information content (AvgIpc) is 3.19. The number of ether oxygens (including phenoxy) is 1. The van der Waals surface area contributed by atoms with Crippen molar-refractivity contribution in [2.75, 3.05) is 20.7 Å². The van der Waals surface area contributed by atoms with E-state index >= 15 is 0 Å². The van der Waals surface area contributed by atoms with E-state index in [0.29, 0.717) is 18.3 Å². The fourth-order valence-corrected chi connectivity index (χ4v) is 3.81. The number of carbonyl (C=O) groups excluding carboxylic acids is 1. The Morgan fingerprint density at radius 2 is 2.15 bits per heavy atom. The molecule has 27 heavy (non-hydrogen) atoms. The Kier molecular flexibility index (Phi) is 5.62. The lowest BCUT2D eigenvalue weighted by molar-refractivity contribution is 0.0726. The summed E-state index contributed by atoms with van der Waals surface area (Å²) in [6.07, 6.45) is 3.70. The Balaban J connectivity index is 2.06. The molecule has 8 heteroatoms. The number of amides is 2. The number of hydrogen-bond acceptors (Lipinski definition) is 5. The predicted molar refractivity (Wildman–Crippen MR) is 102 cm³/mol. The van der Waals surface area contributed by atoms with Gasteiger partial charge in [0.25, 0.3) is 0 Å². The molecule has 1 N–H and O–H groups in total. The van der Waals surface area contributed by atoms with Gasteiger partial charge in [-0.2, -0.15) is 4.68 Å². The topological polar surface area (TPSA) is 85.2 Å². The van der Waals surface area contributed by atoms with Crippen molar-refractivity contribution in [1.82, 2.24) is 30.4 Å². The molecule has 0 bridgehead atoms. The quantitative estimate of drug-likeness (QED) is 0.872. The monoisotopic (exact) mass is 372 g/mol. The summed E-state index contributed by atoms with van der Waals surface area (Å²) >= 11 is 0. The first kappa shape index (κ1) is 19.1. The Hall–Kier alpha value is -2.64. The molecule has 146 valence electrons. The standard InChI is InChI=1S/C19H28N6O2/c1-5-20-18(26)24(3)19(11-9-14(2)10-12-19)17-21-22-23-25(17)15-7-6-8-16(13-15)27-4/h6-8,13-14H,5,9-12H2,1-4H3,(H,20,26). The van der Waals surface area contributed by atoms with Crippen molar-refractivity contribution in [3.63, 3.8) is 0 Å². The lowest BCUT2D eigenvalue weighted by Crippen LogP contribution is -2.53. The zero-order valence-corrected chi connectivity index (χ0v) is 16.5. The third-order valence-corrected chi connectivity index (χ3v) is 5.56. The summed E-state index contributed by atoms with van der Waals surface area (Å²) in [6.45, 7) is 4.75. The van der Waals surface area contributed by atoms with Gasteiger partial charge in [-0.25, -0.2) is 4.79 Å². The smallest absolute Gasteiger partial charge is 0.317 e. The van der Waals surface area contributed by atoms with Gasteiger partial charge in [0.15, 0.2) is 5.82 Å². The number of rotatable bonds is 5. The number of methoxy groups -OCH3 is 1.